The highest BCUT2D eigenvalue weighted by Gasteiger charge is 2.47. The lowest BCUT2D eigenvalue weighted by molar-refractivity contribution is -0.122. The molecule has 1 heterocycles. The van der Waals surface area contributed by atoms with Gasteiger partial charge in [0.15, 0.2) is 0 Å². The van der Waals surface area contributed by atoms with Crippen molar-refractivity contribution in [2.75, 3.05) is 18.1 Å². The molecular weight excluding hydrogens is 468 g/mol. The summed E-state index contributed by atoms with van der Waals surface area (Å²) in [5.74, 6) is -1.69. The summed E-state index contributed by atoms with van der Waals surface area (Å²) >= 11 is 0. The van der Waals surface area contributed by atoms with Gasteiger partial charge in [-0.25, -0.2) is 18.1 Å². The molecule has 0 bridgehead atoms. The van der Waals surface area contributed by atoms with E-state index < -0.39 is 33.8 Å². The highest BCUT2D eigenvalue weighted by molar-refractivity contribution is 7.89. The van der Waals surface area contributed by atoms with Crippen LogP contribution < -0.4 is 4.90 Å². The Labute approximate surface area is 206 Å². The molecule has 1 unspecified atom stereocenters. The molecule has 1 atom stereocenters. The van der Waals surface area contributed by atoms with E-state index in [1.807, 2.05) is 19.9 Å². The van der Waals surface area contributed by atoms with E-state index >= 15 is 0 Å². The van der Waals surface area contributed by atoms with Gasteiger partial charge >= 0.3 is 5.97 Å². The number of anilines is 1. The highest BCUT2D eigenvalue weighted by Crippen LogP contribution is 2.33. The fourth-order valence-electron chi connectivity index (χ4n) is 4.28. The average molecular weight is 499 g/mol. The third-order valence-corrected chi connectivity index (χ3v) is 8.43. The minimum absolute atomic E-state index is 0.131. The van der Waals surface area contributed by atoms with E-state index in [1.54, 1.807) is 20.8 Å². The summed E-state index contributed by atoms with van der Waals surface area (Å²) in [7, 11) is -4.14. The minimum atomic E-state index is -4.14. The summed E-state index contributed by atoms with van der Waals surface area (Å²) in [4.78, 5) is 39.3. The zero-order chi connectivity index (χ0) is 26.1. The Hall–Kier alpha value is -3.30. The Bertz CT molecular complexity index is 1270. The minimum Gasteiger partial charge on any atom is -0.462 e. The summed E-state index contributed by atoms with van der Waals surface area (Å²) in [6.45, 7) is 12.6. The lowest BCUT2D eigenvalue weighted by atomic mass is 10.0. The third kappa shape index (κ3) is 4.78. The van der Waals surface area contributed by atoms with Gasteiger partial charge in [-0.05, 0) is 81.1 Å². The second-order valence-corrected chi connectivity index (χ2v) is 10.3. The van der Waals surface area contributed by atoms with E-state index in [0.717, 1.165) is 20.3 Å². The second-order valence-electron chi connectivity index (χ2n) is 8.51. The average Bonchev–Trinajstić information content (AvgIpc) is 3.09. The Morgan fingerprint density at radius 3 is 2.20 bits per heavy atom. The first-order valence-electron chi connectivity index (χ1n) is 11.3. The van der Waals surface area contributed by atoms with Gasteiger partial charge in [0.2, 0.25) is 15.9 Å². The zero-order valence-electron chi connectivity index (χ0n) is 20.6. The molecule has 0 aromatic heterocycles. The summed E-state index contributed by atoms with van der Waals surface area (Å²) in [5, 5.41) is 0. The van der Waals surface area contributed by atoms with Crippen molar-refractivity contribution in [3.63, 3.8) is 0 Å². The van der Waals surface area contributed by atoms with E-state index in [-0.39, 0.29) is 35.7 Å². The van der Waals surface area contributed by atoms with E-state index in [9.17, 15) is 22.8 Å². The van der Waals surface area contributed by atoms with Crippen molar-refractivity contribution in [2.24, 2.45) is 0 Å². The number of hydrogen-bond donors (Lipinski definition) is 0. The molecule has 9 heteroatoms. The number of carbonyl (C=O) groups excluding carboxylic acids is 3. The van der Waals surface area contributed by atoms with Crippen LogP contribution >= 0.6 is 0 Å². The first kappa shape index (κ1) is 26.3. The number of nitrogens with zero attached hydrogens (tertiary/aromatic N) is 2. The number of benzene rings is 2. The van der Waals surface area contributed by atoms with E-state index in [1.165, 1.54) is 30.3 Å². The maximum absolute atomic E-state index is 13.9. The molecule has 8 nitrogen and oxygen atoms in total. The van der Waals surface area contributed by atoms with Gasteiger partial charge < -0.3 is 4.74 Å². The number of sulfonamides is 1. The predicted octanol–water partition coefficient (Wildman–Crippen LogP) is 3.61. The van der Waals surface area contributed by atoms with Gasteiger partial charge in [-0.15, -0.1) is 6.58 Å². The van der Waals surface area contributed by atoms with Crippen LogP contribution in [0.5, 0.6) is 0 Å². The second kappa shape index (κ2) is 10.1. The van der Waals surface area contributed by atoms with Crippen LogP contribution in [-0.4, -0.2) is 49.7 Å². The van der Waals surface area contributed by atoms with E-state index in [4.69, 9.17) is 4.74 Å². The smallest absolute Gasteiger partial charge is 0.338 e. The molecule has 186 valence electrons. The summed E-state index contributed by atoms with van der Waals surface area (Å²) in [5.41, 5.74) is 3.38. The Kier molecular flexibility index (Phi) is 7.62. The summed E-state index contributed by atoms with van der Waals surface area (Å²) in [6.07, 6.45) is 1.11. The predicted molar refractivity (Wildman–Crippen MR) is 133 cm³/mol. The maximum Gasteiger partial charge on any atom is 0.338 e. The van der Waals surface area contributed by atoms with Crippen molar-refractivity contribution >= 4 is 33.5 Å². The van der Waals surface area contributed by atoms with Gasteiger partial charge in [0, 0.05) is 6.54 Å². The molecule has 0 saturated carbocycles. The van der Waals surface area contributed by atoms with E-state index in [0.29, 0.717) is 11.1 Å². The lowest BCUT2D eigenvalue weighted by Crippen LogP contribution is -2.45. The first-order valence-corrected chi connectivity index (χ1v) is 12.7. The number of hydrogen-bond acceptors (Lipinski definition) is 6. The van der Waals surface area contributed by atoms with Gasteiger partial charge in [-0.2, -0.15) is 4.31 Å². The van der Waals surface area contributed by atoms with Crippen LogP contribution in [0, 0.1) is 27.7 Å². The van der Waals surface area contributed by atoms with Crippen molar-refractivity contribution in [3.05, 3.63) is 70.8 Å². The number of rotatable bonds is 8. The van der Waals surface area contributed by atoms with Crippen LogP contribution in [0.4, 0.5) is 5.69 Å². The van der Waals surface area contributed by atoms with Crippen molar-refractivity contribution in [3.8, 4) is 0 Å². The number of aryl methyl sites for hydroxylation is 2. The molecule has 1 aliphatic rings. The maximum atomic E-state index is 13.9. The molecule has 35 heavy (non-hydrogen) atoms. The van der Waals surface area contributed by atoms with Crippen molar-refractivity contribution < 1.29 is 27.5 Å². The molecule has 1 aliphatic heterocycles. The van der Waals surface area contributed by atoms with E-state index in [2.05, 4.69) is 6.58 Å². The zero-order valence-corrected chi connectivity index (χ0v) is 21.4. The van der Waals surface area contributed by atoms with Crippen molar-refractivity contribution in [1.82, 2.24) is 4.31 Å². The van der Waals surface area contributed by atoms with Crippen LogP contribution in [-0.2, 0) is 24.3 Å². The highest BCUT2D eigenvalue weighted by atomic mass is 32.2. The van der Waals surface area contributed by atoms with Crippen LogP contribution in [0.1, 0.15) is 46.0 Å². The first-order chi connectivity index (χ1) is 16.4. The molecule has 0 radical (unpaired) electrons. The summed E-state index contributed by atoms with van der Waals surface area (Å²) < 4.78 is 33.8. The third-order valence-electron chi connectivity index (χ3n) is 6.28. The standard InChI is InChI=1S/C26H30N2O6S/c1-7-13-27(35(32,33)24-18(5)16(3)14-17(4)19(24)6)22-15-23(29)28(25(22)30)21-11-9-20(10-12-21)26(31)34-8-2/h7,9-12,14,22H,1,8,13,15H2,2-6H3. The lowest BCUT2D eigenvalue weighted by Gasteiger charge is -2.28. The Morgan fingerprint density at radius 1 is 1.11 bits per heavy atom. The Morgan fingerprint density at radius 2 is 1.69 bits per heavy atom. The number of esters is 1. The normalized spacial score (nSPS) is 16.2. The largest absolute Gasteiger partial charge is 0.462 e. The van der Waals surface area contributed by atoms with Crippen LogP contribution in [0.3, 0.4) is 0 Å². The molecule has 1 saturated heterocycles. The molecule has 0 spiro atoms. The van der Waals surface area contributed by atoms with Gasteiger partial charge in [0.05, 0.1) is 29.2 Å². The van der Waals surface area contributed by atoms with Crippen LogP contribution in [0.15, 0.2) is 47.9 Å². The topological polar surface area (TPSA) is 101 Å². The number of amides is 2. The molecule has 2 amide bonds. The summed E-state index contributed by atoms with van der Waals surface area (Å²) in [6, 6.07) is 6.57. The fourth-order valence-corrected chi connectivity index (χ4v) is 6.41. The SMILES string of the molecule is C=CCN(C1CC(=O)N(c2ccc(C(=O)OCC)cc2)C1=O)S(=O)(=O)c1c(C)c(C)cc(C)c1C. The molecule has 2 aromatic rings. The van der Waals surface area contributed by atoms with Gasteiger partial charge in [-0.3, -0.25) is 9.59 Å². The quantitative estimate of drug-likeness (QED) is 0.313. The van der Waals surface area contributed by atoms with Gasteiger partial charge in [-0.1, -0.05) is 12.1 Å². The van der Waals surface area contributed by atoms with Gasteiger partial charge in [0.1, 0.15) is 6.04 Å². The molecule has 1 fully saturated rings. The van der Waals surface area contributed by atoms with Crippen molar-refractivity contribution in [1.29, 1.82) is 0 Å². The molecule has 2 aromatic carbocycles. The Balaban J connectivity index is 2.01. The number of imide groups is 1. The molecule has 0 aliphatic carbocycles. The van der Waals surface area contributed by atoms with Gasteiger partial charge in [0.25, 0.3) is 5.91 Å². The monoisotopic (exact) mass is 498 g/mol. The van der Waals surface area contributed by atoms with Crippen LogP contribution in [0.25, 0.3) is 0 Å². The van der Waals surface area contributed by atoms with Crippen LogP contribution in [0.2, 0.25) is 0 Å². The fraction of sp³-hybridized carbons (Fsp3) is 0.346. The van der Waals surface area contributed by atoms with Crippen molar-refractivity contribution in [2.45, 2.75) is 52.0 Å². The molecule has 0 N–H and O–H groups in total. The number of carbonyl (C=O) groups is 3. The molecule has 3 rings (SSSR count). The molecular formula is C26H30N2O6S. The number of ether oxygens (including phenoxy) is 1.